The predicted molar refractivity (Wildman–Crippen MR) is 89.2 cm³/mol. The third-order valence-electron chi connectivity index (χ3n) is 4.17. The van der Waals surface area contributed by atoms with Crippen molar-refractivity contribution in [1.29, 1.82) is 0 Å². The highest BCUT2D eigenvalue weighted by atomic mass is 16.7. The average Bonchev–Trinajstić information content (AvgIpc) is 2.86. The quantitative estimate of drug-likeness (QED) is 0.393. The van der Waals surface area contributed by atoms with Crippen LogP contribution >= 0.6 is 0 Å². The number of aliphatic imine (C=N–C) groups is 1. The maximum Gasteiger partial charge on any atom is 0.434 e. The Morgan fingerprint density at radius 2 is 1.63 bits per heavy atom. The molecule has 1 fully saturated rings. The summed E-state index contributed by atoms with van der Waals surface area (Å²) in [6, 6.07) is 6.41. The van der Waals surface area contributed by atoms with Gasteiger partial charge >= 0.3 is 12.2 Å². The number of rotatable bonds is 2. The molecule has 1 aromatic carbocycles. The zero-order valence-electron chi connectivity index (χ0n) is 14.0. The maximum absolute atomic E-state index is 12.3. The number of benzene rings is 1. The number of carbonyl (C=O) groups is 4. The minimum Gasteiger partial charge on any atom is -0.465 e. The van der Waals surface area contributed by atoms with Gasteiger partial charge in [0.1, 0.15) is 0 Å². The molecule has 0 radical (unpaired) electrons. The SMILES string of the molecule is O=C(O)N=C(NC(=O)O)N1CCC(ON2C(=O)c3ccccc3C2=O)CC1. The second kappa shape index (κ2) is 7.41. The van der Waals surface area contributed by atoms with Crippen molar-refractivity contribution in [2.75, 3.05) is 13.1 Å². The summed E-state index contributed by atoms with van der Waals surface area (Å²) < 4.78 is 0. The Balaban J connectivity index is 1.62. The van der Waals surface area contributed by atoms with Crippen LogP contribution in [0.4, 0.5) is 9.59 Å². The van der Waals surface area contributed by atoms with E-state index in [4.69, 9.17) is 15.1 Å². The van der Waals surface area contributed by atoms with Gasteiger partial charge in [0.15, 0.2) is 0 Å². The van der Waals surface area contributed by atoms with E-state index in [1.807, 2.05) is 5.32 Å². The Labute approximate surface area is 152 Å². The molecule has 0 aliphatic carbocycles. The topological polar surface area (TPSA) is 149 Å². The summed E-state index contributed by atoms with van der Waals surface area (Å²) >= 11 is 0. The third kappa shape index (κ3) is 3.87. The summed E-state index contributed by atoms with van der Waals surface area (Å²) in [6.07, 6.45) is -2.73. The first-order valence-electron chi connectivity index (χ1n) is 8.08. The third-order valence-corrected chi connectivity index (χ3v) is 4.17. The summed E-state index contributed by atoms with van der Waals surface area (Å²) in [5, 5.41) is 20.2. The van der Waals surface area contributed by atoms with Crippen molar-refractivity contribution in [3.8, 4) is 0 Å². The summed E-state index contributed by atoms with van der Waals surface area (Å²) in [5.74, 6) is -1.36. The van der Waals surface area contributed by atoms with E-state index in [0.717, 1.165) is 5.06 Å². The highest BCUT2D eigenvalue weighted by Crippen LogP contribution is 2.25. The van der Waals surface area contributed by atoms with Gasteiger partial charge in [-0.2, -0.15) is 0 Å². The Morgan fingerprint density at radius 3 is 2.11 bits per heavy atom. The number of fused-ring (bicyclic) bond motifs is 1. The highest BCUT2D eigenvalue weighted by molar-refractivity contribution is 6.20. The van der Waals surface area contributed by atoms with Crippen LogP contribution in [0.3, 0.4) is 0 Å². The average molecular weight is 376 g/mol. The smallest absolute Gasteiger partial charge is 0.434 e. The summed E-state index contributed by atoms with van der Waals surface area (Å²) in [5.41, 5.74) is 0.558. The summed E-state index contributed by atoms with van der Waals surface area (Å²) in [6.45, 7) is 0.473. The molecule has 2 aliphatic heterocycles. The molecule has 2 heterocycles. The number of guanidine groups is 1. The van der Waals surface area contributed by atoms with Crippen molar-refractivity contribution in [2.45, 2.75) is 18.9 Å². The standard InChI is InChI=1S/C16H16N4O7/c21-12-10-3-1-2-4-11(10)13(22)20(12)27-9-5-7-19(8-6-9)14(17-15(23)24)18-16(25)26/h1-4,9H,5-8H2,(H,17,18)(H,23,24)(H,25,26). The van der Waals surface area contributed by atoms with Crippen LogP contribution in [-0.4, -0.2) is 69.3 Å². The van der Waals surface area contributed by atoms with Gasteiger partial charge in [-0.1, -0.05) is 12.1 Å². The molecule has 0 saturated carbocycles. The number of likely N-dealkylation sites (tertiary alicyclic amines) is 1. The van der Waals surface area contributed by atoms with Crippen LogP contribution in [0.15, 0.2) is 29.3 Å². The van der Waals surface area contributed by atoms with E-state index in [1.54, 1.807) is 24.3 Å². The Morgan fingerprint density at radius 1 is 1.07 bits per heavy atom. The maximum atomic E-state index is 12.3. The van der Waals surface area contributed by atoms with Gasteiger partial charge in [-0.25, -0.2) is 9.59 Å². The fourth-order valence-corrected chi connectivity index (χ4v) is 2.95. The number of carbonyl (C=O) groups excluding carboxylic acids is 2. The molecule has 1 saturated heterocycles. The lowest BCUT2D eigenvalue weighted by Crippen LogP contribution is -2.49. The number of imide groups is 1. The van der Waals surface area contributed by atoms with Crippen molar-refractivity contribution >= 4 is 30.0 Å². The minimum absolute atomic E-state index is 0.236. The molecular weight excluding hydrogens is 360 g/mol. The first kappa shape index (κ1) is 18.3. The molecule has 27 heavy (non-hydrogen) atoms. The van der Waals surface area contributed by atoms with Gasteiger partial charge in [0, 0.05) is 13.1 Å². The number of amides is 4. The van der Waals surface area contributed by atoms with Crippen molar-refractivity contribution < 1.29 is 34.2 Å². The Hall–Kier alpha value is -3.47. The van der Waals surface area contributed by atoms with Crippen LogP contribution < -0.4 is 5.32 Å². The van der Waals surface area contributed by atoms with Gasteiger partial charge in [-0.15, -0.1) is 10.1 Å². The number of nitrogens with one attached hydrogen (secondary N) is 1. The molecule has 0 aromatic heterocycles. The lowest BCUT2D eigenvalue weighted by Gasteiger charge is -2.34. The molecule has 11 nitrogen and oxygen atoms in total. The zero-order valence-corrected chi connectivity index (χ0v) is 14.0. The molecule has 1 aromatic rings. The molecule has 142 valence electrons. The van der Waals surface area contributed by atoms with E-state index in [1.165, 1.54) is 4.90 Å². The minimum atomic E-state index is -1.52. The van der Waals surface area contributed by atoms with Gasteiger partial charge in [-0.05, 0) is 25.0 Å². The number of hydrogen-bond donors (Lipinski definition) is 3. The lowest BCUT2D eigenvalue weighted by molar-refractivity contribution is -0.142. The molecular formula is C16H16N4O7. The molecule has 0 unspecified atom stereocenters. The van der Waals surface area contributed by atoms with Crippen molar-refractivity contribution in [1.82, 2.24) is 15.3 Å². The van der Waals surface area contributed by atoms with Crippen LogP contribution in [0.25, 0.3) is 0 Å². The van der Waals surface area contributed by atoms with Crippen molar-refractivity contribution in [2.24, 2.45) is 4.99 Å². The number of piperidine rings is 1. The monoisotopic (exact) mass is 376 g/mol. The van der Waals surface area contributed by atoms with E-state index in [0.29, 0.717) is 12.8 Å². The van der Waals surface area contributed by atoms with Crippen LogP contribution in [0.1, 0.15) is 33.6 Å². The molecule has 3 rings (SSSR count). The van der Waals surface area contributed by atoms with E-state index in [2.05, 4.69) is 4.99 Å². The number of hydrogen-bond acceptors (Lipinski definition) is 5. The Bertz CT molecular complexity index is 795. The molecule has 2 aliphatic rings. The molecule has 0 spiro atoms. The van der Waals surface area contributed by atoms with Gasteiger partial charge in [0.2, 0.25) is 5.96 Å². The molecule has 0 atom stereocenters. The van der Waals surface area contributed by atoms with Crippen LogP contribution in [0.2, 0.25) is 0 Å². The Kier molecular flexibility index (Phi) is 5.03. The molecule has 4 amide bonds. The van der Waals surface area contributed by atoms with Crippen LogP contribution in [-0.2, 0) is 4.84 Å². The predicted octanol–water partition coefficient (Wildman–Crippen LogP) is 0.980. The first-order valence-corrected chi connectivity index (χ1v) is 8.08. The van der Waals surface area contributed by atoms with Gasteiger partial charge in [0.05, 0.1) is 17.2 Å². The summed E-state index contributed by atoms with van der Waals surface area (Å²) in [4.78, 5) is 56.4. The van der Waals surface area contributed by atoms with Crippen LogP contribution in [0, 0.1) is 0 Å². The van der Waals surface area contributed by atoms with Gasteiger partial charge in [-0.3, -0.25) is 19.7 Å². The van der Waals surface area contributed by atoms with E-state index >= 15 is 0 Å². The van der Waals surface area contributed by atoms with Gasteiger partial charge in [0.25, 0.3) is 11.8 Å². The number of carboxylic acid groups (broad SMARTS) is 2. The number of hydroxylamine groups is 2. The van der Waals surface area contributed by atoms with Crippen LogP contribution in [0.5, 0.6) is 0 Å². The summed E-state index contributed by atoms with van der Waals surface area (Å²) in [7, 11) is 0. The number of nitrogens with zero attached hydrogens (tertiary/aromatic N) is 3. The van der Waals surface area contributed by atoms with E-state index in [9.17, 15) is 19.2 Å². The molecule has 3 N–H and O–H groups in total. The fraction of sp³-hybridized carbons (Fsp3) is 0.312. The second-order valence-corrected chi connectivity index (χ2v) is 5.89. The fourth-order valence-electron chi connectivity index (χ4n) is 2.95. The molecule has 11 heteroatoms. The highest BCUT2D eigenvalue weighted by Gasteiger charge is 2.38. The van der Waals surface area contributed by atoms with Gasteiger partial charge < -0.3 is 15.1 Å². The van der Waals surface area contributed by atoms with Crippen molar-refractivity contribution in [3.63, 3.8) is 0 Å². The lowest BCUT2D eigenvalue weighted by atomic mass is 10.1. The zero-order chi connectivity index (χ0) is 19.6. The normalized spacial score (nSPS) is 17.9. The van der Waals surface area contributed by atoms with E-state index < -0.39 is 30.1 Å². The van der Waals surface area contributed by atoms with E-state index in [-0.39, 0.29) is 30.2 Å². The van der Waals surface area contributed by atoms with Crippen molar-refractivity contribution in [3.05, 3.63) is 35.4 Å². The first-order chi connectivity index (χ1) is 12.9. The molecule has 0 bridgehead atoms. The largest absolute Gasteiger partial charge is 0.465 e. The second-order valence-electron chi connectivity index (χ2n) is 5.89.